The van der Waals surface area contributed by atoms with E-state index in [1.165, 1.54) is 36.9 Å². The van der Waals surface area contributed by atoms with Gasteiger partial charge in [-0.05, 0) is 60.9 Å². The summed E-state index contributed by atoms with van der Waals surface area (Å²) < 4.78 is 5.52. The first-order valence-electron chi connectivity index (χ1n) is 11.7. The number of carbonyl (C=O) groups is 1. The van der Waals surface area contributed by atoms with Gasteiger partial charge in [0.2, 0.25) is 0 Å². The molecule has 2 aromatic rings. The van der Waals surface area contributed by atoms with Gasteiger partial charge in [-0.15, -0.1) is 0 Å². The molecule has 3 unspecified atom stereocenters. The molecule has 1 saturated heterocycles. The number of hydrogen-bond donors (Lipinski definition) is 1. The van der Waals surface area contributed by atoms with Crippen molar-refractivity contribution < 1.29 is 9.53 Å². The molecular weight excluding hydrogens is 386 g/mol. The van der Waals surface area contributed by atoms with E-state index < -0.39 is 0 Å². The van der Waals surface area contributed by atoms with Gasteiger partial charge in [-0.2, -0.15) is 0 Å². The summed E-state index contributed by atoms with van der Waals surface area (Å²) in [7, 11) is 1.73. The average Bonchev–Trinajstić information content (AvgIpc) is 3.43. The van der Waals surface area contributed by atoms with Crippen molar-refractivity contribution in [3.8, 4) is 5.75 Å². The van der Waals surface area contributed by atoms with Gasteiger partial charge in [-0.3, -0.25) is 9.69 Å². The number of rotatable bonds is 6. The van der Waals surface area contributed by atoms with Crippen molar-refractivity contribution in [3.05, 3.63) is 59.7 Å². The van der Waals surface area contributed by atoms with Gasteiger partial charge in [-0.1, -0.05) is 30.7 Å². The topological polar surface area (TPSA) is 44.8 Å². The van der Waals surface area contributed by atoms with Gasteiger partial charge in [0, 0.05) is 44.3 Å². The van der Waals surface area contributed by atoms with E-state index in [-0.39, 0.29) is 5.91 Å². The molecule has 2 aromatic carbocycles. The number of fused-ring (bicyclic) bond motifs is 2. The van der Waals surface area contributed by atoms with Gasteiger partial charge in [0.05, 0.1) is 12.8 Å². The van der Waals surface area contributed by atoms with Gasteiger partial charge in [-0.25, -0.2) is 0 Å². The Morgan fingerprint density at radius 3 is 2.45 bits per heavy atom. The van der Waals surface area contributed by atoms with Gasteiger partial charge >= 0.3 is 0 Å². The largest absolute Gasteiger partial charge is 0.495 e. The van der Waals surface area contributed by atoms with E-state index in [1.807, 2.05) is 24.3 Å². The van der Waals surface area contributed by atoms with Crippen molar-refractivity contribution >= 4 is 11.6 Å². The second-order valence-corrected chi connectivity index (χ2v) is 9.39. The fourth-order valence-electron chi connectivity index (χ4n) is 5.73. The molecule has 1 N–H and O–H groups in total. The molecule has 5 nitrogen and oxygen atoms in total. The molecule has 1 aliphatic heterocycles. The summed E-state index contributed by atoms with van der Waals surface area (Å²) >= 11 is 0. The van der Waals surface area contributed by atoms with Crippen LogP contribution in [0.3, 0.4) is 0 Å². The predicted octanol–water partition coefficient (Wildman–Crippen LogP) is 3.94. The summed E-state index contributed by atoms with van der Waals surface area (Å²) in [5.41, 5.74) is 3.23. The zero-order chi connectivity index (χ0) is 21.2. The lowest BCUT2D eigenvalue weighted by Crippen LogP contribution is -2.46. The number of anilines is 1. The molecule has 5 heteroatoms. The Labute approximate surface area is 185 Å². The third-order valence-electron chi connectivity index (χ3n) is 7.48. The van der Waals surface area contributed by atoms with Crippen molar-refractivity contribution in [3.63, 3.8) is 0 Å². The van der Waals surface area contributed by atoms with E-state index in [0.29, 0.717) is 12.0 Å². The summed E-state index contributed by atoms with van der Waals surface area (Å²) in [6.07, 6.45) is 5.14. The molecular formula is C26H33N3O2. The number of hydrogen-bond acceptors (Lipinski definition) is 4. The number of piperazine rings is 1. The standard InChI is InChI=1S/C26H33N3O2/c1-31-25-5-3-2-4-24(25)29-14-12-28(13-15-29)18-19-6-9-21(10-7-19)26(30)27-23-17-20-8-11-22(23)16-20/h2-7,9-10,20,22-23H,8,11-18H2,1H3,(H,27,30). The lowest BCUT2D eigenvalue weighted by molar-refractivity contribution is 0.0923. The highest BCUT2D eigenvalue weighted by atomic mass is 16.5. The first kappa shape index (κ1) is 20.4. The molecule has 3 atom stereocenters. The Balaban J connectivity index is 1.12. The highest BCUT2D eigenvalue weighted by molar-refractivity contribution is 5.94. The molecule has 0 spiro atoms. The van der Waals surface area contributed by atoms with Crippen LogP contribution >= 0.6 is 0 Å². The molecule has 3 aliphatic rings. The molecule has 2 saturated carbocycles. The van der Waals surface area contributed by atoms with E-state index in [4.69, 9.17) is 4.74 Å². The van der Waals surface area contributed by atoms with Crippen LogP contribution in [0.2, 0.25) is 0 Å². The number of carbonyl (C=O) groups excluding carboxylic acids is 1. The number of ether oxygens (including phenoxy) is 1. The van der Waals surface area contributed by atoms with Crippen LogP contribution in [0, 0.1) is 11.8 Å². The van der Waals surface area contributed by atoms with Crippen LogP contribution in [0.5, 0.6) is 5.75 Å². The summed E-state index contributed by atoms with van der Waals surface area (Å²) in [5, 5.41) is 3.29. The molecule has 31 heavy (non-hydrogen) atoms. The number of nitrogens with one attached hydrogen (secondary N) is 1. The van der Waals surface area contributed by atoms with E-state index in [0.717, 1.165) is 50.0 Å². The van der Waals surface area contributed by atoms with Crippen molar-refractivity contribution in [1.29, 1.82) is 0 Å². The predicted molar refractivity (Wildman–Crippen MR) is 124 cm³/mol. The zero-order valence-electron chi connectivity index (χ0n) is 18.4. The number of para-hydroxylation sites is 2. The molecule has 5 rings (SSSR count). The minimum Gasteiger partial charge on any atom is -0.495 e. The molecule has 164 valence electrons. The lowest BCUT2D eigenvalue weighted by atomic mass is 9.95. The maximum absolute atomic E-state index is 12.7. The highest BCUT2D eigenvalue weighted by Gasteiger charge is 2.40. The molecule has 1 amide bonds. The van der Waals surface area contributed by atoms with Gasteiger partial charge < -0.3 is 15.0 Å². The first-order chi connectivity index (χ1) is 15.2. The Morgan fingerprint density at radius 1 is 1.00 bits per heavy atom. The smallest absolute Gasteiger partial charge is 0.251 e. The molecule has 2 aliphatic carbocycles. The van der Waals surface area contributed by atoms with Crippen LogP contribution < -0.4 is 15.0 Å². The molecule has 1 heterocycles. The van der Waals surface area contributed by atoms with Crippen molar-refractivity contribution in [2.45, 2.75) is 38.3 Å². The minimum absolute atomic E-state index is 0.0922. The molecule has 3 fully saturated rings. The monoisotopic (exact) mass is 419 g/mol. The summed E-state index contributed by atoms with van der Waals surface area (Å²) in [6, 6.07) is 16.8. The van der Waals surface area contributed by atoms with Crippen LogP contribution in [-0.2, 0) is 6.54 Å². The Bertz CT molecular complexity index is 905. The fraction of sp³-hybridized carbons (Fsp3) is 0.500. The van der Waals surface area contributed by atoms with Crippen molar-refractivity contribution in [2.75, 3.05) is 38.2 Å². The first-order valence-corrected chi connectivity index (χ1v) is 11.7. The van der Waals surface area contributed by atoms with Gasteiger partial charge in [0.25, 0.3) is 5.91 Å². The quantitative estimate of drug-likeness (QED) is 0.770. The third-order valence-corrected chi connectivity index (χ3v) is 7.48. The Kier molecular flexibility index (Phi) is 5.86. The van der Waals surface area contributed by atoms with Crippen molar-refractivity contribution in [2.24, 2.45) is 11.8 Å². The number of amides is 1. The number of nitrogens with zero attached hydrogens (tertiary/aromatic N) is 2. The van der Waals surface area contributed by atoms with E-state index in [9.17, 15) is 4.79 Å². The molecule has 0 aromatic heterocycles. The summed E-state index contributed by atoms with van der Waals surface area (Å²) in [4.78, 5) is 17.5. The fourth-order valence-corrected chi connectivity index (χ4v) is 5.73. The Hall–Kier alpha value is -2.53. The maximum Gasteiger partial charge on any atom is 0.251 e. The van der Waals surface area contributed by atoms with Crippen molar-refractivity contribution in [1.82, 2.24) is 10.2 Å². The van der Waals surface area contributed by atoms with Crippen LogP contribution in [0.25, 0.3) is 0 Å². The third kappa shape index (κ3) is 4.42. The zero-order valence-corrected chi connectivity index (χ0v) is 18.4. The second-order valence-electron chi connectivity index (χ2n) is 9.39. The lowest BCUT2D eigenvalue weighted by Gasteiger charge is -2.36. The number of benzene rings is 2. The van der Waals surface area contributed by atoms with Gasteiger partial charge in [0.15, 0.2) is 0 Å². The van der Waals surface area contributed by atoms with Crippen LogP contribution in [0.1, 0.15) is 41.6 Å². The molecule has 0 radical (unpaired) electrons. The van der Waals surface area contributed by atoms with Crippen LogP contribution in [-0.4, -0.2) is 50.1 Å². The van der Waals surface area contributed by atoms with E-state index in [1.54, 1.807) is 7.11 Å². The average molecular weight is 420 g/mol. The second kappa shape index (κ2) is 8.91. The number of methoxy groups -OCH3 is 1. The van der Waals surface area contributed by atoms with Gasteiger partial charge in [0.1, 0.15) is 5.75 Å². The van der Waals surface area contributed by atoms with Crippen LogP contribution in [0.15, 0.2) is 48.5 Å². The summed E-state index contributed by atoms with van der Waals surface area (Å²) in [5.74, 6) is 2.59. The highest BCUT2D eigenvalue weighted by Crippen LogP contribution is 2.44. The maximum atomic E-state index is 12.7. The van der Waals surface area contributed by atoms with Crippen LogP contribution in [0.4, 0.5) is 5.69 Å². The van der Waals surface area contributed by atoms with E-state index in [2.05, 4.69) is 39.4 Å². The normalized spacial score (nSPS) is 25.6. The van der Waals surface area contributed by atoms with E-state index >= 15 is 0 Å². The molecule has 2 bridgehead atoms. The minimum atomic E-state index is 0.0922. The summed E-state index contributed by atoms with van der Waals surface area (Å²) in [6.45, 7) is 4.94. The Morgan fingerprint density at radius 2 is 1.77 bits per heavy atom. The SMILES string of the molecule is COc1ccccc1N1CCN(Cc2ccc(C(=O)NC3CC4CCC3C4)cc2)CC1.